The number of carbonyl (C=O) groups is 2. The number of benzene rings is 1. The van der Waals surface area contributed by atoms with Crippen LogP contribution in [-0.4, -0.2) is 24.4 Å². The topological polar surface area (TPSA) is 70.2 Å². The molecular formula is C18H22ClN3O2S. The molecule has 0 radical (unpaired) electrons. The molecule has 0 unspecified atom stereocenters. The average molecular weight is 380 g/mol. The quantitative estimate of drug-likeness (QED) is 0.757. The highest BCUT2D eigenvalue weighted by Gasteiger charge is 2.24. The fraction of sp³-hybridized carbons (Fsp3) is 0.333. The van der Waals surface area contributed by atoms with Gasteiger partial charge in [-0.3, -0.25) is 9.59 Å². The summed E-state index contributed by atoms with van der Waals surface area (Å²) in [5.74, 6) is 0.00339. The van der Waals surface area contributed by atoms with Gasteiger partial charge in [0.2, 0.25) is 5.91 Å². The summed E-state index contributed by atoms with van der Waals surface area (Å²) in [4.78, 5) is 25.0. The van der Waals surface area contributed by atoms with Crippen molar-refractivity contribution in [2.24, 2.45) is 5.92 Å². The molecule has 1 aliphatic rings. The summed E-state index contributed by atoms with van der Waals surface area (Å²) in [5, 5.41) is 11.0. The lowest BCUT2D eigenvalue weighted by molar-refractivity contribution is -0.120. The van der Waals surface area contributed by atoms with Crippen molar-refractivity contribution >= 4 is 46.9 Å². The number of carbonyl (C=O) groups excluding carboxylic acids is 2. The molecule has 1 saturated heterocycles. The van der Waals surface area contributed by atoms with Crippen LogP contribution < -0.4 is 16.0 Å². The number of amides is 2. The zero-order chi connectivity index (χ0) is 16.9. The molecule has 0 bridgehead atoms. The van der Waals surface area contributed by atoms with Gasteiger partial charge < -0.3 is 16.0 Å². The highest BCUT2D eigenvalue weighted by Crippen LogP contribution is 2.20. The molecule has 0 aliphatic carbocycles. The average Bonchev–Trinajstić information content (AvgIpc) is 3.11. The molecule has 5 nitrogen and oxygen atoms in total. The number of halogens is 1. The van der Waals surface area contributed by atoms with Crippen LogP contribution in [0.1, 0.15) is 29.4 Å². The summed E-state index contributed by atoms with van der Waals surface area (Å²) in [7, 11) is 0. The minimum absolute atomic E-state index is 0. The SMILES string of the molecule is C[C@H]1C[C@@H](C(=O)Nc2ccc(NC(=O)c3cccs3)cc2)CCN1.Cl. The molecule has 134 valence electrons. The third-order valence-electron chi connectivity index (χ3n) is 4.15. The van der Waals surface area contributed by atoms with Crippen molar-refractivity contribution in [1.29, 1.82) is 0 Å². The molecule has 7 heteroatoms. The Morgan fingerprint density at radius 2 is 1.80 bits per heavy atom. The second-order valence-corrected chi connectivity index (χ2v) is 7.02. The van der Waals surface area contributed by atoms with Crippen molar-refractivity contribution in [2.75, 3.05) is 17.2 Å². The summed E-state index contributed by atoms with van der Waals surface area (Å²) in [6.45, 7) is 2.98. The molecular weight excluding hydrogens is 358 g/mol. The van der Waals surface area contributed by atoms with Gasteiger partial charge in [-0.05, 0) is 62.0 Å². The van der Waals surface area contributed by atoms with Gasteiger partial charge in [0.15, 0.2) is 0 Å². The van der Waals surface area contributed by atoms with E-state index < -0.39 is 0 Å². The zero-order valence-electron chi connectivity index (χ0n) is 14.0. The van der Waals surface area contributed by atoms with Gasteiger partial charge in [-0.15, -0.1) is 23.7 Å². The smallest absolute Gasteiger partial charge is 0.265 e. The maximum Gasteiger partial charge on any atom is 0.265 e. The first-order valence-electron chi connectivity index (χ1n) is 8.11. The Morgan fingerprint density at radius 1 is 1.12 bits per heavy atom. The lowest BCUT2D eigenvalue weighted by atomic mass is 9.92. The van der Waals surface area contributed by atoms with Gasteiger partial charge in [0, 0.05) is 23.3 Å². The Hall–Kier alpha value is -1.89. The monoisotopic (exact) mass is 379 g/mol. The fourth-order valence-electron chi connectivity index (χ4n) is 2.85. The maximum absolute atomic E-state index is 12.3. The van der Waals surface area contributed by atoms with Gasteiger partial charge in [0.25, 0.3) is 5.91 Å². The maximum atomic E-state index is 12.3. The van der Waals surface area contributed by atoms with Crippen LogP contribution in [0.2, 0.25) is 0 Å². The van der Waals surface area contributed by atoms with E-state index >= 15 is 0 Å². The minimum atomic E-state index is -0.120. The van der Waals surface area contributed by atoms with Crippen molar-refractivity contribution in [1.82, 2.24) is 5.32 Å². The van der Waals surface area contributed by atoms with E-state index in [-0.39, 0.29) is 30.1 Å². The Kier molecular flexibility index (Phi) is 6.99. The van der Waals surface area contributed by atoms with Crippen LogP contribution in [0.5, 0.6) is 0 Å². The van der Waals surface area contributed by atoms with E-state index in [1.807, 2.05) is 23.6 Å². The van der Waals surface area contributed by atoms with Crippen molar-refractivity contribution < 1.29 is 9.59 Å². The van der Waals surface area contributed by atoms with Crippen LogP contribution >= 0.6 is 23.7 Å². The molecule has 3 N–H and O–H groups in total. The highest BCUT2D eigenvalue weighted by molar-refractivity contribution is 7.12. The number of rotatable bonds is 4. The molecule has 1 aromatic carbocycles. The van der Waals surface area contributed by atoms with Crippen molar-refractivity contribution in [3.05, 3.63) is 46.7 Å². The number of anilines is 2. The first-order valence-corrected chi connectivity index (χ1v) is 8.99. The van der Waals surface area contributed by atoms with E-state index in [4.69, 9.17) is 0 Å². The van der Waals surface area contributed by atoms with Gasteiger partial charge in [-0.1, -0.05) is 6.07 Å². The lowest BCUT2D eigenvalue weighted by Gasteiger charge is -2.27. The van der Waals surface area contributed by atoms with Crippen LogP contribution in [0, 0.1) is 5.92 Å². The highest BCUT2D eigenvalue weighted by atomic mass is 35.5. The molecule has 3 rings (SSSR count). The van der Waals surface area contributed by atoms with Crippen molar-refractivity contribution in [3.8, 4) is 0 Å². The van der Waals surface area contributed by atoms with Crippen LogP contribution in [-0.2, 0) is 4.79 Å². The molecule has 25 heavy (non-hydrogen) atoms. The second-order valence-electron chi connectivity index (χ2n) is 6.07. The molecule has 0 saturated carbocycles. The number of thiophene rings is 1. The van der Waals surface area contributed by atoms with Crippen LogP contribution in [0.3, 0.4) is 0 Å². The summed E-state index contributed by atoms with van der Waals surface area (Å²) in [5.41, 5.74) is 1.46. The van der Waals surface area contributed by atoms with Gasteiger partial charge in [0.05, 0.1) is 4.88 Å². The summed E-state index contributed by atoms with van der Waals surface area (Å²) >= 11 is 1.40. The normalized spacial score (nSPS) is 19.6. The number of hydrogen-bond acceptors (Lipinski definition) is 4. The molecule has 2 heterocycles. The lowest BCUT2D eigenvalue weighted by Crippen LogP contribution is -2.40. The second kappa shape index (κ2) is 8.99. The van der Waals surface area contributed by atoms with E-state index in [9.17, 15) is 9.59 Å². The molecule has 2 amide bonds. The van der Waals surface area contributed by atoms with E-state index in [1.165, 1.54) is 11.3 Å². The Balaban J connectivity index is 0.00000225. The molecule has 1 aliphatic heterocycles. The predicted molar refractivity (Wildman–Crippen MR) is 105 cm³/mol. The summed E-state index contributed by atoms with van der Waals surface area (Å²) < 4.78 is 0. The largest absolute Gasteiger partial charge is 0.326 e. The van der Waals surface area contributed by atoms with E-state index in [2.05, 4.69) is 22.9 Å². The number of hydrogen-bond donors (Lipinski definition) is 3. The molecule has 1 fully saturated rings. The van der Waals surface area contributed by atoms with Crippen molar-refractivity contribution in [2.45, 2.75) is 25.8 Å². The molecule has 0 spiro atoms. The first-order chi connectivity index (χ1) is 11.6. The summed E-state index contributed by atoms with van der Waals surface area (Å²) in [6.07, 6.45) is 1.73. The summed E-state index contributed by atoms with van der Waals surface area (Å²) in [6, 6.07) is 11.2. The van der Waals surface area contributed by atoms with Crippen LogP contribution in [0.25, 0.3) is 0 Å². The molecule has 1 aromatic heterocycles. The molecule has 2 aromatic rings. The Bertz CT molecular complexity index is 704. The minimum Gasteiger partial charge on any atom is -0.326 e. The van der Waals surface area contributed by atoms with E-state index in [0.717, 1.165) is 25.1 Å². The number of piperidine rings is 1. The predicted octanol–water partition coefficient (Wildman–Crippen LogP) is 3.75. The first kappa shape index (κ1) is 19.4. The van der Waals surface area contributed by atoms with Gasteiger partial charge >= 0.3 is 0 Å². The van der Waals surface area contributed by atoms with E-state index in [0.29, 0.717) is 16.6 Å². The standard InChI is InChI=1S/C18H21N3O2S.ClH/c1-12-11-13(8-9-19-12)17(22)20-14-4-6-15(7-5-14)21-18(23)16-3-2-10-24-16;/h2-7,10,12-13,19H,8-9,11H2,1H3,(H,20,22)(H,21,23);1H/t12-,13-;/m0./s1. The Morgan fingerprint density at radius 3 is 2.40 bits per heavy atom. The third kappa shape index (κ3) is 5.29. The third-order valence-corrected chi connectivity index (χ3v) is 5.02. The van der Waals surface area contributed by atoms with Gasteiger partial charge in [-0.2, -0.15) is 0 Å². The fourth-order valence-corrected chi connectivity index (χ4v) is 3.47. The zero-order valence-corrected chi connectivity index (χ0v) is 15.6. The van der Waals surface area contributed by atoms with Crippen molar-refractivity contribution in [3.63, 3.8) is 0 Å². The number of nitrogens with one attached hydrogen (secondary N) is 3. The Labute approximate surface area is 157 Å². The van der Waals surface area contributed by atoms with Crippen LogP contribution in [0.4, 0.5) is 11.4 Å². The molecule has 2 atom stereocenters. The van der Waals surface area contributed by atoms with E-state index in [1.54, 1.807) is 18.2 Å². The van der Waals surface area contributed by atoms with Crippen LogP contribution in [0.15, 0.2) is 41.8 Å². The van der Waals surface area contributed by atoms with Gasteiger partial charge in [-0.25, -0.2) is 0 Å². The van der Waals surface area contributed by atoms with Gasteiger partial charge in [0.1, 0.15) is 0 Å².